The Morgan fingerprint density at radius 3 is 2.93 bits per heavy atom. The molecular weight excluding hydrogens is 281 g/mol. The molecule has 2 aromatic rings. The van der Waals surface area contributed by atoms with E-state index in [-0.39, 0.29) is 6.54 Å². The number of rotatable bonds is 2. The third-order valence-electron chi connectivity index (χ3n) is 1.83. The van der Waals surface area contributed by atoms with Crippen LogP contribution in [0, 0.1) is 0 Å². The Morgan fingerprint density at radius 1 is 1.47 bits per heavy atom. The maximum absolute atomic E-state index is 6.07. The van der Waals surface area contributed by atoms with Gasteiger partial charge in [0.1, 0.15) is 0 Å². The summed E-state index contributed by atoms with van der Waals surface area (Å²) < 4.78 is 5.82. The largest absolute Gasteiger partial charge is 0.334 e. The molecule has 0 aliphatic carbocycles. The number of hydrogen-bond donors (Lipinski definition) is 1. The van der Waals surface area contributed by atoms with E-state index in [2.05, 4.69) is 26.1 Å². The summed E-state index contributed by atoms with van der Waals surface area (Å²) in [5.74, 6) is 0.836. The van der Waals surface area contributed by atoms with E-state index >= 15 is 0 Å². The predicted octanol–water partition coefficient (Wildman–Crippen LogP) is 2.61. The zero-order valence-corrected chi connectivity index (χ0v) is 9.92. The van der Waals surface area contributed by atoms with Gasteiger partial charge < -0.3 is 10.3 Å². The first-order valence-corrected chi connectivity index (χ1v) is 5.36. The number of aromatic nitrogens is 2. The summed E-state index contributed by atoms with van der Waals surface area (Å²) in [5, 5.41) is 4.24. The van der Waals surface area contributed by atoms with Crippen LogP contribution in [-0.4, -0.2) is 10.1 Å². The number of benzene rings is 1. The van der Waals surface area contributed by atoms with Crippen molar-refractivity contribution < 1.29 is 4.52 Å². The van der Waals surface area contributed by atoms with E-state index in [0.717, 1.165) is 4.47 Å². The molecule has 2 rings (SSSR count). The Morgan fingerprint density at radius 2 is 2.27 bits per heavy atom. The van der Waals surface area contributed by atoms with Crippen molar-refractivity contribution in [1.82, 2.24) is 10.1 Å². The fourth-order valence-electron chi connectivity index (χ4n) is 1.12. The summed E-state index contributed by atoms with van der Waals surface area (Å²) in [4.78, 5) is 4.09. The number of halogens is 2. The highest BCUT2D eigenvalue weighted by molar-refractivity contribution is 9.10. The van der Waals surface area contributed by atoms with E-state index in [1.807, 2.05) is 12.1 Å². The molecule has 0 atom stereocenters. The number of nitrogens with two attached hydrogens (primary N) is 1. The van der Waals surface area contributed by atoms with Gasteiger partial charge >= 0.3 is 0 Å². The standard InChI is InChI=1S/C9H7BrClN3O/c10-6-3-1-2-5(8(6)11)9-13-7(4-12)14-15-9/h1-3H,4,12H2. The highest BCUT2D eigenvalue weighted by Crippen LogP contribution is 2.32. The van der Waals surface area contributed by atoms with Crippen molar-refractivity contribution in [3.8, 4) is 11.5 Å². The zero-order chi connectivity index (χ0) is 10.8. The Bertz CT molecular complexity index is 486. The third kappa shape index (κ3) is 2.04. The van der Waals surface area contributed by atoms with Gasteiger partial charge in [-0.25, -0.2) is 0 Å². The van der Waals surface area contributed by atoms with Crippen LogP contribution in [0.3, 0.4) is 0 Å². The van der Waals surface area contributed by atoms with Gasteiger partial charge in [0.05, 0.1) is 17.1 Å². The van der Waals surface area contributed by atoms with Gasteiger partial charge in [0.25, 0.3) is 5.89 Å². The maximum Gasteiger partial charge on any atom is 0.259 e. The third-order valence-corrected chi connectivity index (χ3v) is 3.13. The predicted molar refractivity (Wildman–Crippen MR) is 60.3 cm³/mol. The SMILES string of the molecule is NCc1noc(-c2cccc(Br)c2Cl)n1. The molecule has 0 unspecified atom stereocenters. The topological polar surface area (TPSA) is 64.9 Å². The molecular formula is C9H7BrClN3O. The lowest BCUT2D eigenvalue weighted by atomic mass is 10.2. The van der Waals surface area contributed by atoms with Crippen molar-refractivity contribution in [3.63, 3.8) is 0 Å². The lowest BCUT2D eigenvalue weighted by Gasteiger charge is -1.99. The van der Waals surface area contributed by atoms with Crippen molar-refractivity contribution in [1.29, 1.82) is 0 Å². The van der Waals surface area contributed by atoms with Crippen molar-refractivity contribution in [3.05, 3.63) is 33.5 Å². The van der Waals surface area contributed by atoms with Crippen molar-refractivity contribution in [2.75, 3.05) is 0 Å². The van der Waals surface area contributed by atoms with E-state index < -0.39 is 0 Å². The van der Waals surface area contributed by atoms with Crippen LogP contribution in [0.5, 0.6) is 0 Å². The summed E-state index contributed by atoms with van der Waals surface area (Å²) in [6, 6.07) is 5.49. The molecule has 0 saturated carbocycles. The van der Waals surface area contributed by atoms with Gasteiger partial charge in [-0.15, -0.1) is 0 Å². The Kier molecular flexibility index (Phi) is 3.04. The molecule has 0 aliphatic rings. The van der Waals surface area contributed by atoms with E-state index in [0.29, 0.717) is 22.3 Å². The Hall–Kier alpha value is -0.910. The van der Waals surface area contributed by atoms with E-state index in [9.17, 15) is 0 Å². The molecule has 0 fully saturated rings. The smallest absolute Gasteiger partial charge is 0.259 e. The first-order chi connectivity index (χ1) is 7.22. The van der Waals surface area contributed by atoms with Gasteiger partial charge in [0, 0.05) is 4.47 Å². The highest BCUT2D eigenvalue weighted by atomic mass is 79.9. The van der Waals surface area contributed by atoms with Crippen LogP contribution < -0.4 is 5.73 Å². The molecule has 1 aromatic carbocycles. The molecule has 1 heterocycles. The minimum Gasteiger partial charge on any atom is -0.334 e. The lowest BCUT2D eigenvalue weighted by molar-refractivity contribution is 0.423. The molecule has 1 aromatic heterocycles. The molecule has 0 aliphatic heterocycles. The van der Waals surface area contributed by atoms with Gasteiger partial charge in [0.2, 0.25) is 0 Å². The highest BCUT2D eigenvalue weighted by Gasteiger charge is 2.12. The summed E-state index contributed by atoms with van der Waals surface area (Å²) in [5.41, 5.74) is 6.07. The van der Waals surface area contributed by atoms with E-state index in [1.165, 1.54) is 0 Å². The molecule has 0 saturated heterocycles. The van der Waals surface area contributed by atoms with Crippen LogP contribution in [0.1, 0.15) is 5.82 Å². The normalized spacial score (nSPS) is 10.6. The molecule has 2 N–H and O–H groups in total. The van der Waals surface area contributed by atoms with Gasteiger partial charge in [0.15, 0.2) is 5.82 Å². The lowest BCUT2D eigenvalue weighted by Crippen LogP contribution is -1.97. The van der Waals surface area contributed by atoms with Gasteiger partial charge in [-0.1, -0.05) is 22.8 Å². The fraction of sp³-hybridized carbons (Fsp3) is 0.111. The average Bonchev–Trinajstić information content (AvgIpc) is 2.70. The van der Waals surface area contributed by atoms with Gasteiger partial charge in [-0.2, -0.15) is 4.98 Å². The van der Waals surface area contributed by atoms with Gasteiger partial charge in [-0.05, 0) is 28.1 Å². The van der Waals surface area contributed by atoms with Crippen LogP contribution in [-0.2, 0) is 6.54 Å². The Balaban J connectivity index is 2.49. The molecule has 0 bridgehead atoms. The van der Waals surface area contributed by atoms with Crippen molar-refractivity contribution in [2.24, 2.45) is 5.73 Å². The van der Waals surface area contributed by atoms with Crippen LogP contribution in [0.2, 0.25) is 5.02 Å². The average molecular weight is 289 g/mol. The summed E-state index contributed by atoms with van der Waals surface area (Å²) in [7, 11) is 0. The molecule has 78 valence electrons. The number of hydrogen-bond acceptors (Lipinski definition) is 4. The van der Waals surface area contributed by atoms with E-state index in [4.69, 9.17) is 21.9 Å². The fourth-order valence-corrected chi connectivity index (χ4v) is 1.69. The van der Waals surface area contributed by atoms with Crippen molar-refractivity contribution in [2.45, 2.75) is 6.54 Å². The minimum atomic E-state index is 0.245. The molecule has 6 heteroatoms. The van der Waals surface area contributed by atoms with Gasteiger partial charge in [-0.3, -0.25) is 0 Å². The second-order valence-corrected chi connectivity index (χ2v) is 4.05. The second kappa shape index (κ2) is 4.30. The Labute approximate surface area is 99.5 Å². The monoisotopic (exact) mass is 287 g/mol. The molecule has 15 heavy (non-hydrogen) atoms. The zero-order valence-electron chi connectivity index (χ0n) is 7.58. The first-order valence-electron chi connectivity index (χ1n) is 4.19. The molecule has 0 spiro atoms. The van der Waals surface area contributed by atoms with E-state index in [1.54, 1.807) is 6.07 Å². The first kappa shape index (κ1) is 10.6. The quantitative estimate of drug-likeness (QED) is 0.922. The summed E-state index contributed by atoms with van der Waals surface area (Å²) >= 11 is 9.40. The summed E-state index contributed by atoms with van der Waals surface area (Å²) in [6.45, 7) is 0.245. The molecule has 0 radical (unpaired) electrons. The van der Waals surface area contributed by atoms with Crippen molar-refractivity contribution >= 4 is 27.5 Å². The minimum absolute atomic E-state index is 0.245. The summed E-state index contributed by atoms with van der Waals surface area (Å²) in [6.07, 6.45) is 0. The van der Waals surface area contributed by atoms with Crippen LogP contribution in [0.4, 0.5) is 0 Å². The second-order valence-electron chi connectivity index (χ2n) is 2.82. The van der Waals surface area contributed by atoms with Crippen LogP contribution >= 0.6 is 27.5 Å². The molecule has 0 amide bonds. The molecule has 4 nitrogen and oxygen atoms in total. The number of nitrogens with zero attached hydrogens (tertiary/aromatic N) is 2. The maximum atomic E-state index is 6.07. The van der Waals surface area contributed by atoms with Crippen LogP contribution in [0.15, 0.2) is 27.2 Å². The van der Waals surface area contributed by atoms with Crippen LogP contribution in [0.25, 0.3) is 11.5 Å².